The number of rotatable bonds is 3. The van der Waals surface area contributed by atoms with E-state index in [1.54, 1.807) is 36.4 Å². The van der Waals surface area contributed by atoms with Gasteiger partial charge in [-0.15, -0.1) is 0 Å². The van der Waals surface area contributed by atoms with E-state index in [0.29, 0.717) is 72.7 Å². The molecule has 0 saturated carbocycles. The third-order valence-corrected chi connectivity index (χ3v) is 10.1. The Labute approximate surface area is 266 Å². The molecule has 4 aliphatic rings. The Hall–Kier alpha value is -4.94. The molecule has 1 atom stereocenters. The second-order valence-electron chi connectivity index (χ2n) is 11.1. The number of fused-ring (bicyclic) bond motifs is 7. The van der Waals surface area contributed by atoms with Crippen molar-refractivity contribution >= 4 is 15.9 Å². The molecule has 46 heavy (non-hydrogen) atoms. The summed E-state index contributed by atoms with van der Waals surface area (Å²) < 4.78 is 59.4. The highest BCUT2D eigenvalue weighted by Crippen LogP contribution is 2.44. The smallest absolute Gasteiger partial charge is 0.255 e. The fourth-order valence-corrected chi connectivity index (χ4v) is 7.60. The van der Waals surface area contributed by atoms with Gasteiger partial charge in [0.05, 0.1) is 30.2 Å². The molecule has 8 rings (SSSR count). The molecule has 0 saturated heterocycles. The van der Waals surface area contributed by atoms with E-state index in [0.717, 1.165) is 11.1 Å². The molecule has 4 aromatic rings. The fourth-order valence-electron chi connectivity index (χ4n) is 5.99. The lowest BCUT2D eigenvalue weighted by Gasteiger charge is -2.37. The van der Waals surface area contributed by atoms with Crippen LogP contribution >= 0.6 is 0 Å². The van der Waals surface area contributed by atoms with Crippen molar-refractivity contribution in [2.24, 2.45) is 0 Å². The minimum atomic E-state index is -4.02. The Kier molecular flexibility index (Phi) is 7.83. The first-order chi connectivity index (χ1) is 22.3. The predicted molar refractivity (Wildman–Crippen MR) is 167 cm³/mol. The number of phenolic OH excluding ortho intramolecular Hbond substituents is 1. The quantitative estimate of drug-likeness (QED) is 0.322. The van der Waals surface area contributed by atoms with Crippen molar-refractivity contribution in [1.82, 2.24) is 9.62 Å². The molecule has 12 heteroatoms. The molecule has 2 N–H and O–H groups in total. The minimum absolute atomic E-state index is 0.0897. The van der Waals surface area contributed by atoms with Gasteiger partial charge in [-0.3, -0.25) is 4.79 Å². The third kappa shape index (κ3) is 5.54. The topological polar surface area (TPSA) is 133 Å². The second kappa shape index (κ2) is 12.1. The summed E-state index contributed by atoms with van der Waals surface area (Å²) in [5.41, 5.74) is 2.49. The zero-order chi connectivity index (χ0) is 31.8. The fraction of sp³-hybridized carbons (Fsp3) is 0.265. The third-order valence-electron chi connectivity index (χ3n) is 8.23. The van der Waals surface area contributed by atoms with E-state index in [4.69, 9.17) is 23.7 Å². The van der Waals surface area contributed by atoms with E-state index in [2.05, 4.69) is 5.32 Å². The molecule has 0 aromatic heterocycles. The Morgan fingerprint density at radius 3 is 2.50 bits per heavy atom. The second-order valence-corrected chi connectivity index (χ2v) is 13.0. The van der Waals surface area contributed by atoms with E-state index in [1.165, 1.54) is 29.6 Å². The number of amides is 1. The Morgan fingerprint density at radius 1 is 0.870 bits per heavy atom. The molecule has 11 nitrogen and oxygen atoms in total. The first-order valence-corrected chi connectivity index (χ1v) is 16.4. The number of sulfonamides is 1. The highest BCUT2D eigenvalue weighted by atomic mass is 32.2. The molecule has 0 fully saturated rings. The molecule has 4 aliphatic heterocycles. The lowest BCUT2D eigenvalue weighted by atomic mass is 9.89. The maximum atomic E-state index is 14.4. The summed E-state index contributed by atoms with van der Waals surface area (Å²) in [6, 6.07) is 19.4. The standard InChI is InChI=1S/C34H32N2O9S/c1-41-29-9-3-22-18-31(29)42-14-2-12-35-34(38)27-19-24(5-8-28(27)37)45-23-4-7-26-21(17-23)11-13-36(33(22)26)46(39,40)25-6-10-30-32(20-25)44-16-15-43-30/h3-10,17-20,33,37H,2,11-16H2,1H3,(H,35,38). The number of nitrogens with zero attached hydrogens (tertiary/aromatic N) is 1. The van der Waals surface area contributed by atoms with Crippen molar-refractivity contribution in [2.75, 3.05) is 40.0 Å². The van der Waals surface area contributed by atoms with Gasteiger partial charge in [0, 0.05) is 19.2 Å². The number of benzene rings is 4. The number of carbonyl (C=O) groups is 1. The maximum absolute atomic E-state index is 14.4. The van der Waals surface area contributed by atoms with Gasteiger partial charge in [0.1, 0.15) is 30.5 Å². The van der Waals surface area contributed by atoms with Gasteiger partial charge >= 0.3 is 0 Å². The zero-order valence-corrected chi connectivity index (χ0v) is 25.8. The van der Waals surface area contributed by atoms with E-state index in [9.17, 15) is 18.3 Å². The van der Waals surface area contributed by atoms with Crippen LogP contribution in [-0.2, 0) is 16.4 Å². The number of ether oxygens (including phenoxy) is 5. The SMILES string of the molecule is COc1ccc2cc1OCCCNC(=O)c1cc(ccc1O)Oc1ccc3c(c1)CCN(S(=O)(=O)c1ccc4c(c1)OCCO4)C23. The summed E-state index contributed by atoms with van der Waals surface area (Å²) in [5, 5.41) is 13.2. The van der Waals surface area contributed by atoms with Crippen molar-refractivity contribution in [3.05, 3.63) is 95.1 Å². The van der Waals surface area contributed by atoms with Crippen LogP contribution in [0.2, 0.25) is 0 Å². The van der Waals surface area contributed by atoms with Crippen LogP contribution < -0.4 is 29.0 Å². The largest absolute Gasteiger partial charge is 0.507 e. The Morgan fingerprint density at radius 2 is 1.65 bits per heavy atom. The average Bonchev–Trinajstić information content (AvgIpc) is 3.07. The number of methoxy groups -OCH3 is 1. The zero-order valence-electron chi connectivity index (χ0n) is 25.0. The van der Waals surface area contributed by atoms with Crippen LogP contribution in [-0.4, -0.2) is 63.8 Å². The summed E-state index contributed by atoms with van der Waals surface area (Å²) >= 11 is 0. The van der Waals surface area contributed by atoms with E-state index < -0.39 is 22.0 Å². The highest BCUT2D eigenvalue weighted by Gasteiger charge is 2.38. The molecule has 4 heterocycles. The Balaban J connectivity index is 1.34. The van der Waals surface area contributed by atoms with Gasteiger partial charge in [-0.05, 0) is 84.1 Å². The van der Waals surface area contributed by atoms with Crippen molar-refractivity contribution in [3.8, 4) is 40.2 Å². The van der Waals surface area contributed by atoms with Crippen LogP contribution in [0.3, 0.4) is 0 Å². The first-order valence-electron chi connectivity index (χ1n) is 15.0. The predicted octanol–water partition coefficient (Wildman–Crippen LogP) is 4.81. The molecule has 8 bridgehead atoms. The van der Waals surface area contributed by atoms with Gasteiger partial charge in [0.15, 0.2) is 23.0 Å². The number of aromatic hydroxyl groups is 1. The van der Waals surface area contributed by atoms with Crippen molar-refractivity contribution in [3.63, 3.8) is 0 Å². The van der Waals surface area contributed by atoms with Crippen LogP contribution in [0.1, 0.15) is 39.5 Å². The van der Waals surface area contributed by atoms with Crippen molar-refractivity contribution < 1.29 is 42.0 Å². The Bertz CT molecular complexity index is 1930. The molecule has 0 aliphatic carbocycles. The molecule has 4 aromatic carbocycles. The van der Waals surface area contributed by atoms with Gasteiger partial charge in [-0.2, -0.15) is 4.31 Å². The molecule has 238 valence electrons. The first kappa shape index (κ1) is 29.8. The monoisotopic (exact) mass is 644 g/mol. The number of hydrogen-bond acceptors (Lipinski definition) is 9. The lowest BCUT2D eigenvalue weighted by Crippen LogP contribution is -2.40. The summed E-state index contributed by atoms with van der Waals surface area (Å²) in [6.07, 6.45) is 0.893. The molecular weight excluding hydrogens is 612 g/mol. The van der Waals surface area contributed by atoms with Crippen LogP contribution in [0.25, 0.3) is 0 Å². The summed E-state index contributed by atoms with van der Waals surface area (Å²) in [7, 11) is -2.48. The number of carbonyl (C=O) groups excluding carboxylic acids is 1. The lowest BCUT2D eigenvalue weighted by molar-refractivity contribution is 0.0948. The van der Waals surface area contributed by atoms with Gasteiger partial charge in [0.2, 0.25) is 10.0 Å². The van der Waals surface area contributed by atoms with Crippen LogP contribution in [0.15, 0.2) is 77.7 Å². The van der Waals surface area contributed by atoms with Crippen molar-refractivity contribution in [1.29, 1.82) is 0 Å². The van der Waals surface area contributed by atoms with Gasteiger partial charge in [0.25, 0.3) is 5.91 Å². The number of phenols is 1. The summed E-state index contributed by atoms with van der Waals surface area (Å²) in [6.45, 7) is 1.48. The normalized spacial score (nSPS) is 17.9. The molecule has 0 spiro atoms. The van der Waals surface area contributed by atoms with E-state index in [-0.39, 0.29) is 29.4 Å². The molecule has 1 amide bonds. The summed E-state index contributed by atoms with van der Waals surface area (Å²) in [5.74, 6) is 2.13. The van der Waals surface area contributed by atoms with Gasteiger partial charge < -0.3 is 34.1 Å². The highest BCUT2D eigenvalue weighted by molar-refractivity contribution is 7.89. The maximum Gasteiger partial charge on any atom is 0.255 e. The van der Waals surface area contributed by atoms with Crippen LogP contribution in [0.4, 0.5) is 0 Å². The molecule has 1 unspecified atom stereocenters. The van der Waals surface area contributed by atoms with E-state index in [1.807, 2.05) is 18.2 Å². The van der Waals surface area contributed by atoms with Crippen molar-refractivity contribution in [2.45, 2.75) is 23.8 Å². The van der Waals surface area contributed by atoms with Crippen LogP contribution in [0.5, 0.6) is 40.2 Å². The van der Waals surface area contributed by atoms with Gasteiger partial charge in [-0.25, -0.2) is 8.42 Å². The average molecular weight is 645 g/mol. The molecule has 0 radical (unpaired) electrons. The number of hydrogen-bond donors (Lipinski definition) is 2. The van der Waals surface area contributed by atoms with Crippen LogP contribution in [0, 0.1) is 0 Å². The van der Waals surface area contributed by atoms with E-state index >= 15 is 0 Å². The summed E-state index contributed by atoms with van der Waals surface area (Å²) in [4.78, 5) is 12.9. The minimum Gasteiger partial charge on any atom is -0.507 e. The van der Waals surface area contributed by atoms with Gasteiger partial charge in [-0.1, -0.05) is 12.1 Å². The molecular formula is C34H32N2O9S. The number of nitrogens with one attached hydrogen (secondary N) is 1.